The van der Waals surface area contributed by atoms with Gasteiger partial charge in [0.2, 0.25) is 0 Å². The Hall–Kier alpha value is -4.86. The van der Waals surface area contributed by atoms with E-state index in [1.807, 2.05) is 39.0 Å². The second-order valence-corrected chi connectivity index (χ2v) is 13.4. The standard InChI is InChI=1S/C39H45N5O5/c1-8-10-11-12-15-44-38(47)34-23(6)30-18-31-24(9-2)20(3)28(40-31)17-32-26(19-45)22(5)27(41-32)16-29-21(4)25(13-14-33(46)49-7)36(42-29)35(39(44)48)37(34)43-30/h16-19,21,25,42-43H,8-15H2,1-7H3/t21-,25-/m0/s1. The van der Waals surface area contributed by atoms with Crippen LogP contribution in [0.5, 0.6) is 0 Å². The molecule has 10 nitrogen and oxygen atoms in total. The van der Waals surface area contributed by atoms with Gasteiger partial charge in [-0.25, -0.2) is 9.97 Å². The predicted molar refractivity (Wildman–Crippen MR) is 190 cm³/mol. The second kappa shape index (κ2) is 13.6. The van der Waals surface area contributed by atoms with Crippen LogP contribution in [0.15, 0.2) is 18.2 Å². The third-order valence-electron chi connectivity index (χ3n) is 10.6. The van der Waals surface area contributed by atoms with Gasteiger partial charge in [-0.05, 0) is 80.5 Å². The Kier molecular flexibility index (Phi) is 9.42. The summed E-state index contributed by atoms with van der Waals surface area (Å²) in [5.41, 5.74) is 10.3. The molecule has 6 rings (SSSR count). The topological polar surface area (TPSA) is 138 Å². The van der Waals surface area contributed by atoms with Gasteiger partial charge in [-0.1, -0.05) is 40.0 Å². The van der Waals surface area contributed by atoms with E-state index in [9.17, 15) is 19.2 Å². The van der Waals surface area contributed by atoms with E-state index in [0.29, 0.717) is 64.2 Å². The molecule has 2 N–H and O–H groups in total. The van der Waals surface area contributed by atoms with Gasteiger partial charge >= 0.3 is 5.97 Å². The first kappa shape index (κ1) is 34.0. The van der Waals surface area contributed by atoms with Crippen molar-refractivity contribution < 1.29 is 23.9 Å². The molecule has 0 saturated heterocycles. The minimum absolute atomic E-state index is 0.145. The maximum Gasteiger partial charge on any atom is 0.305 e. The van der Waals surface area contributed by atoms with Gasteiger partial charge in [-0.2, -0.15) is 0 Å². The van der Waals surface area contributed by atoms with Gasteiger partial charge in [0.25, 0.3) is 11.8 Å². The molecule has 2 atom stereocenters. The zero-order chi connectivity index (χ0) is 35.1. The number of aromatic amines is 2. The average Bonchev–Trinajstić information content (AvgIpc) is 3.76. The van der Waals surface area contributed by atoms with Crippen molar-refractivity contribution in [2.24, 2.45) is 0 Å². The molecule has 0 radical (unpaired) electrons. The molecular formula is C39H45N5O5. The van der Waals surface area contributed by atoms with Crippen LogP contribution in [0.3, 0.4) is 0 Å². The zero-order valence-corrected chi connectivity index (χ0v) is 29.5. The van der Waals surface area contributed by atoms with Crippen LogP contribution in [-0.2, 0) is 14.3 Å². The third-order valence-corrected chi connectivity index (χ3v) is 10.6. The number of amides is 2. The number of nitrogens with one attached hydrogen (secondary N) is 2. The van der Waals surface area contributed by atoms with Gasteiger partial charge in [0.1, 0.15) is 0 Å². The second-order valence-electron chi connectivity index (χ2n) is 13.4. The minimum atomic E-state index is -0.358. The van der Waals surface area contributed by atoms with Crippen LogP contribution in [0.25, 0.3) is 33.3 Å². The number of imide groups is 1. The summed E-state index contributed by atoms with van der Waals surface area (Å²) in [6, 6.07) is 5.76. The van der Waals surface area contributed by atoms with E-state index in [2.05, 4.69) is 30.7 Å². The van der Waals surface area contributed by atoms with Crippen molar-refractivity contribution in [2.45, 2.75) is 98.3 Å². The van der Waals surface area contributed by atoms with Crippen LogP contribution in [0.2, 0.25) is 0 Å². The van der Waals surface area contributed by atoms with E-state index < -0.39 is 0 Å². The van der Waals surface area contributed by atoms with E-state index in [0.717, 1.165) is 71.3 Å². The molecule has 0 aliphatic carbocycles. The number of esters is 1. The van der Waals surface area contributed by atoms with Gasteiger partial charge in [-0.15, -0.1) is 0 Å². The predicted octanol–water partition coefficient (Wildman–Crippen LogP) is 7.83. The van der Waals surface area contributed by atoms with Crippen LogP contribution in [0, 0.1) is 6.92 Å². The Morgan fingerprint density at radius 1 is 0.918 bits per heavy atom. The SMILES string of the molecule is CCCCCCN1C(=O)c2c3[nH]c(cc4nc(cc5nc(cc6[nH]c2c(c6C)C1=O)C(CC)=C5C)C(C=O)=C4C)[C@@H](C)[C@@H]3CCC(=O)OC. The number of nitrogens with zero attached hydrogens (tertiary/aromatic N) is 3. The van der Waals surface area contributed by atoms with Crippen LogP contribution < -0.4 is 0 Å². The van der Waals surface area contributed by atoms with Gasteiger partial charge in [-0.3, -0.25) is 24.1 Å². The van der Waals surface area contributed by atoms with Gasteiger partial charge in [0.15, 0.2) is 6.29 Å². The summed E-state index contributed by atoms with van der Waals surface area (Å²) in [4.78, 5) is 72.0. The van der Waals surface area contributed by atoms with Gasteiger partial charge in [0.05, 0.1) is 46.5 Å². The van der Waals surface area contributed by atoms with Crippen molar-refractivity contribution in [3.63, 3.8) is 0 Å². The maximum atomic E-state index is 14.6. The molecule has 2 aromatic heterocycles. The number of methoxy groups -OCH3 is 1. The lowest BCUT2D eigenvalue weighted by Crippen LogP contribution is -2.41. The van der Waals surface area contributed by atoms with E-state index in [1.54, 1.807) is 0 Å². The van der Waals surface area contributed by atoms with Crippen LogP contribution in [0.4, 0.5) is 0 Å². The highest BCUT2D eigenvalue weighted by molar-refractivity contribution is 6.23. The highest BCUT2D eigenvalue weighted by atomic mass is 16.5. The van der Waals surface area contributed by atoms with Crippen molar-refractivity contribution in [2.75, 3.05) is 13.7 Å². The summed E-state index contributed by atoms with van der Waals surface area (Å²) < 4.78 is 5.00. The molecule has 0 unspecified atom stereocenters. The molecule has 2 amide bonds. The Balaban J connectivity index is 1.73. The molecule has 0 fully saturated rings. The fourth-order valence-electron chi connectivity index (χ4n) is 7.60. The first-order valence-electron chi connectivity index (χ1n) is 17.4. The summed E-state index contributed by atoms with van der Waals surface area (Å²) in [6.45, 7) is 12.4. The van der Waals surface area contributed by atoms with Crippen LogP contribution in [-0.4, -0.2) is 62.6 Å². The lowest BCUT2D eigenvalue weighted by atomic mass is 9.84. The summed E-state index contributed by atoms with van der Waals surface area (Å²) in [7, 11) is 1.37. The maximum absolute atomic E-state index is 14.6. The number of unbranched alkanes of at least 4 members (excludes halogenated alkanes) is 3. The molecule has 4 aliphatic rings. The number of hydrogen-bond acceptors (Lipinski definition) is 7. The number of aromatic nitrogens is 4. The molecule has 0 saturated carbocycles. The van der Waals surface area contributed by atoms with Crippen molar-refractivity contribution in [3.8, 4) is 0 Å². The average molecular weight is 664 g/mol. The number of aryl methyl sites for hydroxylation is 1. The summed E-state index contributed by atoms with van der Waals surface area (Å²) in [5, 5.41) is 0. The lowest BCUT2D eigenvalue weighted by Gasteiger charge is -2.27. The first-order chi connectivity index (χ1) is 23.5. The normalized spacial score (nSPS) is 18.0. The molecule has 256 valence electrons. The largest absolute Gasteiger partial charge is 0.469 e. The number of ether oxygens (including phenoxy) is 1. The number of fused-ring (bicyclic) bond motifs is 8. The van der Waals surface area contributed by atoms with Crippen molar-refractivity contribution >= 4 is 57.4 Å². The molecule has 2 aromatic rings. The fraction of sp³-hybridized carbons (Fsp3) is 0.436. The fourth-order valence-corrected chi connectivity index (χ4v) is 7.60. The van der Waals surface area contributed by atoms with E-state index in [-0.39, 0.29) is 36.0 Å². The number of carbonyl (C=O) groups excluding carboxylic acids is 4. The van der Waals surface area contributed by atoms with Crippen LogP contribution in [0.1, 0.15) is 152 Å². The van der Waals surface area contributed by atoms with Crippen molar-refractivity contribution in [3.05, 3.63) is 69.1 Å². The highest BCUT2D eigenvalue weighted by Crippen LogP contribution is 2.44. The number of allylic oxidation sites excluding steroid dienone is 4. The molecule has 0 spiro atoms. The van der Waals surface area contributed by atoms with Crippen LogP contribution >= 0.6 is 0 Å². The molecule has 10 heteroatoms. The molecule has 0 aromatic carbocycles. The van der Waals surface area contributed by atoms with E-state index >= 15 is 0 Å². The van der Waals surface area contributed by atoms with E-state index in [1.165, 1.54) is 12.0 Å². The number of carbonyl (C=O) groups is 4. The Morgan fingerprint density at radius 3 is 2.33 bits per heavy atom. The third kappa shape index (κ3) is 5.81. The molecule has 8 bridgehead atoms. The number of rotatable bonds is 10. The zero-order valence-electron chi connectivity index (χ0n) is 29.5. The summed E-state index contributed by atoms with van der Waals surface area (Å²) in [6.07, 6.45) is 5.84. The first-order valence-corrected chi connectivity index (χ1v) is 17.4. The molecule has 6 heterocycles. The minimum Gasteiger partial charge on any atom is -0.469 e. The Bertz CT molecular complexity index is 2030. The molecule has 4 aliphatic heterocycles. The Labute approximate surface area is 286 Å². The smallest absolute Gasteiger partial charge is 0.305 e. The van der Waals surface area contributed by atoms with Crippen molar-refractivity contribution in [1.29, 1.82) is 0 Å². The van der Waals surface area contributed by atoms with E-state index in [4.69, 9.17) is 14.7 Å². The molecule has 49 heavy (non-hydrogen) atoms. The quantitative estimate of drug-likeness (QED) is 0.114. The Morgan fingerprint density at radius 2 is 1.63 bits per heavy atom. The molecular weight excluding hydrogens is 618 g/mol. The lowest BCUT2D eigenvalue weighted by molar-refractivity contribution is -0.140. The number of aldehydes is 1. The number of H-pyrrole nitrogens is 2. The van der Waals surface area contributed by atoms with Crippen molar-refractivity contribution in [1.82, 2.24) is 24.8 Å². The monoisotopic (exact) mass is 663 g/mol. The summed E-state index contributed by atoms with van der Waals surface area (Å²) in [5.74, 6) is -1.41. The van der Waals surface area contributed by atoms with Gasteiger partial charge < -0.3 is 14.7 Å². The number of hydrogen-bond donors (Lipinski definition) is 2. The highest BCUT2D eigenvalue weighted by Gasteiger charge is 2.40. The summed E-state index contributed by atoms with van der Waals surface area (Å²) >= 11 is 0. The van der Waals surface area contributed by atoms with Gasteiger partial charge in [0, 0.05) is 47.3 Å².